The Labute approximate surface area is 121 Å². The van der Waals surface area contributed by atoms with E-state index in [-0.39, 0.29) is 0 Å². The van der Waals surface area contributed by atoms with Crippen LogP contribution in [-0.4, -0.2) is 21.6 Å². The standard InChI is InChI=1S/C14H16BrN3O/c1-10-16-17-14(19-10)9-18-8-2-3-13(18)11-4-6-12(15)7-5-11/h4-7,13H,2-3,8-9H2,1H3/t13-/m0/s1. The molecule has 0 amide bonds. The van der Waals surface area contributed by atoms with Crippen LogP contribution in [0.5, 0.6) is 0 Å². The van der Waals surface area contributed by atoms with Crippen LogP contribution < -0.4 is 0 Å². The Balaban J connectivity index is 1.76. The third kappa shape index (κ3) is 2.87. The molecule has 0 spiro atoms. The van der Waals surface area contributed by atoms with Gasteiger partial charge >= 0.3 is 0 Å². The summed E-state index contributed by atoms with van der Waals surface area (Å²) in [4.78, 5) is 2.41. The molecule has 1 aromatic carbocycles. The van der Waals surface area contributed by atoms with Crippen LogP contribution in [0.3, 0.4) is 0 Å². The summed E-state index contributed by atoms with van der Waals surface area (Å²) in [6, 6.07) is 9.03. The van der Waals surface area contributed by atoms with E-state index >= 15 is 0 Å². The maximum absolute atomic E-state index is 5.48. The van der Waals surface area contributed by atoms with Crippen LogP contribution >= 0.6 is 15.9 Å². The molecule has 0 unspecified atom stereocenters. The smallest absolute Gasteiger partial charge is 0.230 e. The summed E-state index contributed by atoms with van der Waals surface area (Å²) < 4.78 is 6.60. The number of rotatable bonds is 3. The van der Waals surface area contributed by atoms with E-state index < -0.39 is 0 Å². The van der Waals surface area contributed by atoms with Gasteiger partial charge in [0.1, 0.15) is 0 Å². The van der Waals surface area contributed by atoms with E-state index in [0.29, 0.717) is 17.8 Å². The maximum Gasteiger partial charge on any atom is 0.230 e. The molecule has 0 radical (unpaired) electrons. The Kier molecular flexibility index (Phi) is 3.66. The molecule has 4 nitrogen and oxygen atoms in total. The Bertz CT molecular complexity index is 552. The first-order valence-electron chi connectivity index (χ1n) is 6.51. The van der Waals surface area contributed by atoms with E-state index in [1.54, 1.807) is 0 Å². The van der Waals surface area contributed by atoms with Gasteiger partial charge in [0.25, 0.3) is 0 Å². The molecule has 0 aliphatic carbocycles. The van der Waals surface area contributed by atoms with Gasteiger partial charge in [-0.3, -0.25) is 4.90 Å². The Hall–Kier alpha value is -1.20. The van der Waals surface area contributed by atoms with Crippen LogP contribution in [0.2, 0.25) is 0 Å². The highest BCUT2D eigenvalue weighted by atomic mass is 79.9. The van der Waals surface area contributed by atoms with Gasteiger partial charge in [-0.15, -0.1) is 10.2 Å². The molecule has 100 valence electrons. The fraction of sp³-hybridized carbons (Fsp3) is 0.429. The third-order valence-electron chi connectivity index (χ3n) is 3.52. The average molecular weight is 322 g/mol. The van der Waals surface area contributed by atoms with E-state index in [9.17, 15) is 0 Å². The molecule has 0 bridgehead atoms. The van der Waals surface area contributed by atoms with E-state index in [0.717, 1.165) is 17.6 Å². The van der Waals surface area contributed by atoms with E-state index in [2.05, 4.69) is 55.3 Å². The van der Waals surface area contributed by atoms with Gasteiger partial charge in [0, 0.05) is 17.4 Å². The Morgan fingerprint density at radius 1 is 1.32 bits per heavy atom. The summed E-state index contributed by atoms with van der Waals surface area (Å²) in [7, 11) is 0. The lowest BCUT2D eigenvalue weighted by molar-refractivity contribution is 0.222. The van der Waals surface area contributed by atoms with Crippen molar-refractivity contribution < 1.29 is 4.42 Å². The van der Waals surface area contributed by atoms with Crippen molar-refractivity contribution in [2.24, 2.45) is 0 Å². The summed E-state index contributed by atoms with van der Waals surface area (Å²) >= 11 is 3.48. The van der Waals surface area contributed by atoms with Gasteiger partial charge in [-0.1, -0.05) is 28.1 Å². The molecule has 5 heteroatoms. The van der Waals surface area contributed by atoms with E-state index in [4.69, 9.17) is 4.42 Å². The average Bonchev–Trinajstić information content (AvgIpc) is 3.00. The first kappa shape index (κ1) is 12.8. The van der Waals surface area contributed by atoms with Crippen molar-refractivity contribution in [2.45, 2.75) is 32.4 Å². The molecular formula is C14H16BrN3O. The Morgan fingerprint density at radius 3 is 2.79 bits per heavy atom. The van der Waals surface area contributed by atoms with Crippen molar-refractivity contribution in [1.29, 1.82) is 0 Å². The lowest BCUT2D eigenvalue weighted by atomic mass is 10.0. The summed E-state index contributed by atoms with van der Waals surface area (Å²) in [5, 5.41) is 7.97. The number of benzene rings is 1. The summed E-state index contributed by atoms with van der Waals surface area (Å²) in [6.07, 6.45) is 2.41. The van der Waals surface area contributed by atoms with Crippen LogP contribution in [0, 0.1) is 6.92 Å². The molecule has 3 rings (SSSR count). The number of likely N-dealkylation sites (tertiary alicyclic amines) is 1. The molecule has 0 N–H and O–H groups in total. The number of nitrogens with zero attached hydrogens (tertiary/aromatic N) is 3. The van der Waals surface area contributed by atoms with Crippen LogP contribution in [0.1, 0.15) is 36.2 Å². The van der Waals surface area contributed by atoms with Crippen molar-refractivity contribution in [3.63, 3.8) is 0 Å². The quantitative estimate of drug-likeness (QED) is 0.868. The second-order valence-corrected chi connectivity index (χ2v) is 5.81. The number of hydrogen-bond acceptors (Lipinski definition) is 4. The maximum atomic E-state index is 5.48. The second kappa shape index (κ2) is 5.43. The fourth-order valence-electron chi connectivity index (χ4n) is 2.65. The highest BCUT2D eigenvalue weighted by molar-refractivity contribution is 9.10. The number of hydrogen-bond donors (Lipinski definition) is 0. The largest absolute Gasteiger partial charge is 0.424 e. The predicted octanol–water partition coefficient (Wildman–Crippen LogP) is 3.48. The van der Waals surface area contributed by atoms with Crippen LogP contribution in [0.15, 0.2) is 33.2 Å². The molecule has 1 atom stereocenters. The highest BCUT2D eigenvalue weighted by Gasteiger charge is 2.27. The van der Waals surface area contributed by atoms with E-state index in [1.807, 2.05) is 6.92 Å². The minimum Gasteiger partial charge on any atom is -0.424 e. The molecule has 1 saturated heterocycles. The molecule has 2 aromatic rings. The minimum atomic E-state index is 0.459. The minimum absolute atomic E-state index is 0.459. The van der Waals surface area contributed by atoms with Crippen molar-refractivity contribution in [3.8, 4) is 0 Å². The summed E-state index contributed by atoms with van der Waals surface area (Å²) in [5.74, 6) is 1.34. The lowest BCUT2D eigenvalue weighted by Gasteiger charge is -2.23. The normalized spacial score (nSPS) is 20.0. The first-order valence-corrected chi connectivity index (χ1v) is 7.30. The molecule has 1 fully saturated rings. The molecule has 2 heterocycles. The monoisotopic (exact) mass is 321 g/mol. The van der Waals surface area contributed by atoms with Crippen LogP contribution in [-0.2, 0) is 6.54 Å². The molecular weight excluding hydrogens is 306 g/mol. The van der Waals surface area contributed by atoms with Gasteiger partial charge in [-0.2, -0.15) is 0 Å². The Morgan fingerprint density at radius 2 is 2.11 bits per heavy atom. The van der Waals surface area contributed by atoms with Gasteiger partial charge in [-0.05, 0) is 37.1 Å². The summed E-state index contributed by atoms with van der Waals surface area (Å²) in [5.41, 5.74) is 1.36. The van der Waals surface area contributed by atoms with Gasteiger partial charge < -0.3 is 4.42 Å². The van der Waals surface area contributed by atoms with Crippen LogP contribution in [0.4, 0.5) is 0 Å². The molecule has 19 heavy (non-hydrogen) atoms. The molecule has 1 aromatic heterocycles. The van der Waals surface area contributed by atoms with Crippen molar-refractivity contribution in [1.82, 2.24) is 15.1 Å². The van der Waals surface area contributed by atoms with Crippen LogP contribution in [0.25, 0.3) is 0 Å². The second-order valence-electron chi connectivity index (χ2n) is 4.89. The van der Waals surface area contributed by atoms with Gasteiger partial charge in [0.2, 0.25) is 11.8 Å². The number of aryl methyl sites for hydroxylation is 1. The van der Waals surface area contributed by atoms with E-state index in [1.165, 1.54) is 18.4 Å². The zero-order chi connectivity index (χ0) is 13.2. The zero-order valence-corrected chi connectivity index (χ0v) is 12.4. The predicted molar refractivity (Wildman–Crippen MR) is 75.6 cm³/mol. The number of halogens is 1. The van der Waals surface area contributed by atoms with Gasteiger partial charge in [-0.25, -0.2) is 0 Å². The molecule has 1 aliphatic heterocycles. The summed E-state index contributed by atoms with van der Waals surface area (Å²) in [6.45, 7) is 3.65. The molecule has 1 aliphatic rings. The van der Waals surface area contributed by atoms with Gasteiger partial charge in [0.05, 0.1) is 6.54 Å². The zero-order valence-electron chi connectivity index (χ0n) is 10.8. The van der Waals surface area contributed by atoms with Crippen molar-refractivity contribution in [3.05, 3.63) is 46.1 Å². The van der Waals surface area contributed by atoms with Crippen molar-refractivity contribution in [2.75, 3.05) is 6.54 Å². The fourth-order valence-corrected chi connectivity index (χ4v) is 2.92. The van der Waals surface area contributed by atoms with Gasteiger partial charge in [0.15, 0.2) is 0 Å². The van der Waals surface area contributed by atoms with Crippen molar-refractivity contribution >= 4 is 15.9 Å². The third-order valence-corrected chi connectivity index (χ3v) is 4.05. The molecule has 0 saturated carbocycles. The lowest BCUT2D eigenvalue weighted by Crippen LogP contribution is -2.22. The number of aromatic nitrogens is 2. The SMILES string of the molecule is Cc1nnc(CN2CCC[C@H]2c2ccc(Br)cc2)o1. The topological polar surface area (TPSA) is 42.2 Å². The first-order chi connectivity index (χ1) is 9.22. The highest BCUT2D eigenvalue weighted by Crippen LogP contribution is 2.33.